The average molecular weight is 368 g/mol. The second-order valence-corrected chi connectivity index (χ2v) is 8.56. The summed E-state index contributed by atoms with van der Waals surface area (Å²) in [6, 6.07) is 16.1. The molecule has 0 amide bonds. The molecule has 2 aliphatic rings. The molecular weight excluding hydrogens is 339 g/mol. The largest absolute Gasteiger partial charge is 0.385 e. The van der Waals surface area contributed by atoms with Crippen LogP contribution in [0.5, 0.6) is 0 Å². The summed E-state index contributed by atoms with van der Waals surface area (Å²) < 4.78 is 13.3. The fraction of sp³-hybridized carbons (Fsp3) is 0.478. The molecule has 2 aromatic rings. The normalized spacial score (nSPS) is 28.0. The summed E-state index contributed by atoms with van der Waals surface area (Å²) in [6.07, 6.45) is 3.72. The molecule has 0 spiro atoms. The Balaban J connectivity index is 1.45. The van der Waals surface area contributed by atoms with E-state index in [0.717, 1.165) is 44.3 Å². The van der Waals surface area contributed by atoms with Gasteiger partial charge in [0, 0.05) is 25.2 Å². The van der Waals surface area contributed by atoms with Gasteiger partial charge in [0.1, 0.15) is 5.82 Å². The van der Waals surface area contributed by atoms with Crippen molar-refractivity contribution in [2.24, 2.45) is 0 Å². The maximum atomic E-state index is 13.3. The molecule has 1 N–H and O–H groups in total. The van der Waals surface area contributed by atoms with E-state index in [9.17, 15) is 9.50 Å². The zero-order chi connectivity index (χ0) is 19.0. The van der Waals surface area contributed by atoms with Crippen LogP contribution < -0.4 is 0 Å². The molecule has 27 heavy (non-hydrogen) atoms. The van der Waals surface area contributed by atoms with Crippen molar-refractivity contribution in [3.8, 4) is 0 Å². The van der Waals surface area contributed by atoms with E-state index in [0.29, 0.717) is 12.1 Å². The molecule has 0 aromatic heterocycles. The maximum absolute atomic E-state index is 13.3. The van der Waals surface area contributed by atoms with Crippen LogP contribution in [0.15, 0.2) is 48.5 Å². The molecule has 3 nitrogen and oxygen atoms in total. The molecule has 2 aliphatic heterocycles. The molecule has 2 aromatic carbocycles. The molecule has 0 radical (unpaired) electrons. The first-order valence-corrected chi connectivity index (χ1v) is 9.90. The van der Waals surface area contributed by atoms with E-state index in [1.807, 2.05) is 0 Å². The number of aliphatic hydroxyl groups is 1. The van der Waals surface area contributed by atoms with Gasteiger partial charge in [0.15, 0.2) is 0 Å². The van der Waals surface area contributed by atoms with E-state index in [2.05, 4.69) is 48.2 Å². The maximum Gasteiger partial charge on any atom is 0.123 e. The number of benzene rings is 2. The highest BCUT2D eigenvalue weighted by atomic mass is 19.1. The van der Waals surface area contributed by atoms with Gasteiger partial charge in [-0.1, -0.05) is 36.4 Å². The van der Waals surface area contributed by atoms with Gasteiger partial charge in [-0.15, -0.1) is 0 Å². The predicted molar refractivity (Wildman–Crippen MR) is 106 cm³/mol. The third-order valence-corrected chi connectivity index (χ3v) is 6.19. The Kier molecular flexibility index (Phi) is 5.06. The molecular formula is C23H29FN2O. The van der Waals surface area contributed by atoms with Gasteiger partial charge in [0.2, 0.25) is 0 Å². The van der Waals surface area contributed by atoms with Crippen LogP contribution in [-0.2, 0) is 18.7 Å². The average Bonchev–Trinajstić information content (AvgIpc) is 2.87. The Morgan fingerprint density at radius 2 is 1.52 bits per heavy atom. The number of rotatable bonds is 5. The minimum absolute atomic E-state index is 0.250. The summed E-state index contributed by atoms with van der Waals surface area (Å²) in [5, 5.41) is 11.3. The van der Waals surface area contributed by atoms with Crippen LogP contribution in [0.25, 0.3) is 0 Å². The summed E-state index contributed by atoms with van der Waals surface area (Å²) in [7, 11) is 4.17. The van der Waals surface area contributed by atoms with E-state index in [1.165, 1.54) is 23.3 Å². The highest BCUT2D eigenvalue weighted by Crippen LogP contribution is 2.46. The highest BCUT2D eigenvalue weighted by molar-refractivity contribution is 5.27. The lowest BCUT2D eigenvalue weighted by atomic mass is 9.80. The molecule has 144 valence electrons. The molecule has 0 aliphatic carbocycles. The number of nitrogens with zero attached hydrogens (tertiary/aromatic N) is 2. The van der Waals surface area contributed by atoms with Crippen LogP contribution in [0.4, 0.5) is 4.39 Å². The van der Waals surface area contributed by atoms with Gasteiger partial charge in [-0.3, -0.25) is 4.90 Å². The van der Waals surface area contributed by atoms with E-state index < -0.39 is 5.60 Å². The zero-order valence-corrected chi connectivity index (χ0v) is 16.2. The van der Waals surface area contributed by atoms with Crippen molar-refractivity contribution < 1.29 is 9.50 Å². The Labute approximate surface area is 161 Å². The molecule has 2 fully saturated rings. The zero-order valence-electron chi connectivity index (χ0n) is 16.2. The summed E-state index contributed by atoms with van der Waals surface area (Å²) in [5.41, 5.74) is 2.69. The van der Waals surface area contributed by atoms with Gasteiger partial charge in [0.25, 0.3) is 0 Å². The van der Waals surface area contributed by atoms with Crippen molar-refractivity contribution in [1.29, 1.82) is 0 Å². The van der Waals surface area contributed by atoms with Gasteiger partial charge < -0.3 is 10.0 Å². The first-order valence-electron chi connectivity index (χ1n) is 9.90. The monoisotopic (exact) mass is 368 g/mol. The first-order chi connectivity index (χ1) is 12.9. The Bertz CT molecular complexity index is 758. The quantitative estimate of drug-likeness (QED) is 0.867. The molecule has 2 unspecified atom stereocenters. The molecule has 2 saturated heterocycles. The minimum atomic E-state index is -0.828. The van der Waals surface area contributed by atoms with Gasteiger partial charge in [-0.25, -0.2) is 4.39 Å². The highest BCUT2D eigenvalue weighted by Gasteiger charge is 2.48. The molecule has 4 rings (SSSR count). The van der Waals surface area contributed by atoms with E-state index in [4.69, 9.17) is 0 Å². The summed E-state index contributed by atoms with van der Waals surface area (Å²) in [4.78, 5) is 4.75. The number of fused-ring (bicyclic) bond motifs is 2. The van der Waals surface area contributed by atoms with Crippen LogP contribution in [-0.4, -0.2) is 41.1 Å². The predicted octanol–water partition coefficient (Wildman–Crippen LogP) is 3.90. The smallest absolute Gasteiger partial charge is 0.123 e. The molecule has 4 heteroatoms. The lowest BCUT2D eigenvalue weighted by molar-refractivity contribution is -0.0595. The minimum Gasteiger partial charge on any atom is -0.385 e. The second-order valence-electron chi connectivity index (χ2n) is 8.56. The van der Waals surface area contributed by atoms with Crippen molar-refractivity contribution in [3.63, 3.8) is 0 Å². The summed E-state index contributed by atoms with van der Waals surface area (Å²) in [5.74, 6) is -0.250. The van der Waals surface area contributed by atoms with Crippen LogP contribution in [0.1, 0.15) is 42.4 Å². The van der Waals surface area contributed by atoms with Crippen molar-refractivity contribution >= 4 is 0 Å². The lowest BCUT2D eigenvalue weighted by Crippen LogP contribution is -2.49. The SMILES string of the molecule is CN(C)Cc1ccc(CN2C3CCC2CC(O)(c2ccc(F)cc2)C3)cc1. The van der Waals surface area contributed by atoms with Crippen LogP contribution in [0, 0.1) is 5.82 Å². The van der Waals surface area contributed by atoms with Crippen molar-refractivity contribution in [1.82, 2.24) is 9.80 Å². The Hall–Kier alpha value is -1.75. The number of hydrogen-bond acceptors (Lipinski definition) is 3. The second kappa shape index (κ2) is 7.34. The van der Waals surface area contributed by atoms with E-state index >= 15 is 0 Å². The molecule has 0 saturated carbocycles. The number of piperidine rings is 1. The van der Waals surface area contributed by atoms with E-state index in [-0.39, 0.29) is 5.82 Å². The Morgan fingerprint density at radius 1 is 0.963 bits per heavy atom. The first kappa shape index (κ1) is 18.6. The Morgan fingerprint density at radius 3 is 2.07 bits per heavy atom. The molecule has 2 atom stereocenters. The van der Waals surface area contributed by atoms with Crippen molar-refractivity contribution in [2.75, 3.05) is 14.1 Å². The summed E-state index contributed by atoms with van der Waals surface area (Å²) in [6.45, 7) is 1.90. The van der Waals surface area contributed by atoms with Crippen LogP contribution in [0.3, 0.4) is 0 Å². The molecule has 2 bridgehead atoms. The van der Waals surface area contributed by atoms with Gasteiger partial charge in [-0.2, -0.15) is 0 Å². The van der Waals surface area contributed by atoms with Gasteiger partial charge in [0.05, 0.1) is 5.60 Å². The third-order valence-electron chi connectivity index (χ3n) is 6.19. The third kappa shape index (κ3) is 3.93. The standard InChI is InChI=1S/C23H29FN2O/c1-25(2)15-17-3-5-18(6-4-17)16-26-21-11-12-22(26)14-23(27,13-21)19-7-9-20(24)10-8-19/h3-10,21-22,27H,11-16H2,1-2H3. The van der Waals surface area contributed by atoms with E-state index in [1.54, 1.807) is 12.1 Å². The number of hydrogen-bond donors (Lipinski definition) is 1. The van der Waals surface area contributed by atoms with Gasteiger partial charge >= 0.3 is 0 Å². The van der Waals surface area contributed by atoms with Crippen LogP contribution in [0.2, 0.25) is 0 Å². The fourth-order valence-electron chi connectivity index (χ4n) is 4.90. The fourth-order valence-corrected chi connectivity index (χ4v) is 4.90. The number of halogens is 1. The van der Waals surface area contributed by atoms with Crippen molar-refractivity contribution in [3.05, 3.63) is 71.0 Å². The van der Waals surface area contributed by atoms with Crippen molar-refractivity contribution in [2.45, 2.75) is 56.5 Å². The van der Waals surface area contributed by atoms with Gasteiger partial charge in [-0.05, 0) is 68.6 Å². The summed E-state index contributed by atoms with van der Waals surface area (Å²) >= 11 is 0. The lowest BCUT2D eigenvalue weighted by Gasteiger charge is -2.44. The van der Waals surface area contributed by atoms with Crippen LogP contribution >= 0.6 is 0 Å². The molecule has 2 heterocycles. The topological polar surface area (TPSA) is 26.7 Å².